The van der Waals surface area contributed by atoms with Gasteiger partial charge in [0.1, 0.15) is 24.4 Å². The molecule has 134 valence electrons. The number of ether oxygens (including phenoxy) is 1. The smallest absolute Gasteiger partial charge is 0.225 e. The van der Waals surface area contributed by atoms with E-state index in [1.165, 1.54) is 6.33 Å². The lowest BCUT2D eigenvalue weighted by molar-refractivity contribution is 0.283. The second-order valence-corrected chi connectivity index (χ2v) is 6.02. The van der Waals surface area contributed by atoms with E-state index in [9.17, 15) is 0 Å². The Morgan fingerprint density at radius 1 is 1.22 bits per heavy atom. The monoisotopic (exact) mass is 362 g/mol. The summed E-state index contributed by atoms with van der Waals surface area (Å²) in [6, 6.07) is 9.50. The molecule has 5 rings (SSSR count). The largest absolute Gasteiger partial charge is 0.469 e. The van der Waals surface area contributed by atoms with Gasteiger partial charge in [-0.2, -0.15) is 14.6 Å². The molecule has 0 spiro atoms. The van der Waals surface area contributed by atoms with Crippen LogP contribution < -0.4 is 4.74 Å². The van der Waals surface area contributed by atoms with Gasteiger partial charge in [-0.15, -0.1) is 5.10 Å². The van der Waals surface area contributed by atoms with Crippen molar-refractivity contribution >= 4 is 16.6 Å². The lowest BCUT2D eigenvalue weighted by Gasteiger charge is -2.09. The minimum Gasteiger partial charge on any atom is -0.469 e. The summed E-state index contributed by atoms with van der Waals surface area (Å²) >= 11 is 0. The van der Waals surface area contributed by atoms with Crippen LogP contribution in [-0.4, -0.2) is 39.7 Å². The van der Waals surface area contributed by atoms with E-state index in [0.717, 1.165) is 10.9 Å². The van der Waals surface area contributed by atoms with Crippen molar-refractivity contribution in [1.29, 1.82) is 0 Å². The predicted octanol–water partition coefficient (Wildman–Crippen LogP) is 1.95. The van der Waals surface area contributed by atoms with Gasteiger partial charge in [0.05, 0.1) is 10.9 Å². The molecule has 0 fully saturated rings. The number of hydrogen-bond acceptors (Lipinski definition) is 8. The first kappa shape index (κ1) is 15.4. The Morgan fingerprint density at radius 2 is 2.11 bits per heavy atom. The van der Waals surface area contributed by atoms with Crippen LogP contribution in [0.2, 0.25) is 0 Å². The molecular formula is C17H14N8O2. The van der Waals surface area contributed by atoms with Crippen molar-refractivity contribution in [2.24, 2.45) is 7.05 Å². The number of fused-ring (bicyclic) bond motifs is 3. The molecule has 5 aromatic rings. The lowest BCUT2D eigenvalue weighted by atomic mass is 10.2. The second-order valence-electron chi connectivity index (χ2n) is 6.02. The Balaban J connectivity index is 1.67. The number of benzene rings is 1. The van der Waals surface area contributed by atoms with Crippen LogP contribution in [0.5, 0.6) is 5.88 Å². The molecule has 1 aromatic carbocycles. The van der Waals surface area contributed by atoms with E-state index in [4.69, 9.17) is 9.26 Å². The fourth-order valence-electron chi connectivity index (χ4n) is 2.87. The Kier molecular flexibility index (Phi) is 3.35. The Labute approximate surface area is 152 Å². The first-order chi connectivity index (χ1) is 13.2. The summed E-state index contributed by atoms with van der Waals surface area (Å²) < 4.78 is 14.5. The number of aryl methyl sites for hydroxylation is 2. The number of para-hydroxylation sites is 1. The second kappa shape index (κ2) is 5.87. The maximum Gasteiger partial charge on any atom is 0.225 e. The molecule has 0 aliphatic heterocycles. The molecule has 0 amide bonds. The van der Waals surface area contributed by atoms with Gasteiger partial charge in [-0.25, -0.2) is 4.98 Å². The standard InChI is InChI=1S/C17H14N8O2/c1-10-7-12(22-27-10)15-16-20-17(26-8-14-18-9-19-24(14)2)11-5-3-4-6-13(11)25(16)23-21-15/h3-7,9H,8H2,1-2H3. The third-order valence-corrected chi connectivity index (χ3v) is 4.23. The van der Waals surface area contributed by atoms with Gasteiger partial charge in [-0.05, 0) is 19.1 Å². The van der Waals surface area contributed by atoms with Gasteiger partial charge in [0, 0.05) is 13.1 Å². The Morgan fingerprint density at radius 3 is 2.89 bits per heavy atom. The van der Waals surface area contributed by atoms with Gasteiger partial charge in [-0.1, -0.05) is 22.5 Å². The summed E-state index contributed by atoms with van der Waals surface area (Å²) in [5, 5.41) is 17.4. The minimum absolute atomic E-state index is 0.240. The summed E-state index contributed by atoms with van der Waals surface area (Å²) in [4.78, 5) is 8.83. The maximum atomic E-state index is 5.97. The van der Waals surface area contributed by atoms with Gasteiger partial charge in [-0.3, -0.25) is 4.68 Å². The normalized spacial score (nSPS) is 11.5. The third kappa shape index (κ3) is 2.49. The molecule has 0 aliphatic carbocycles. The van der Waals surface area contributed by atoms with Crippen molar-refractivity contribution in [3.05, 3.63) is 48.2 Å². The zero-order valence-electron chi connectivity index (χ0n) is 14.6. The molecule has 0 radical (unpaired) electrons. The number of nitrogens with zero attached hydrogens (tertiary/aromatic N) is 8. The van der Waals surface area contributed by atoms with Crippen molar-refractivity contribution < 1.29 is 9.26 Å². The fourth-order valence-corrected chi connectivity index (χ4v) is 2.87. The van der Waals surface area contributed by atoms with E-state index in [0.29, 0.717) is 34.5 Å². The van der Waals surface area contributed by atoms with E-state index < -0.39 is 0 Å². The van der Waals surface area contributed by atoms with Gasteiger partial charge < -0.3 is 9.26 Å². The van der Waals surface area contributed by atoms with Gasteiger partial charge in [0.15, 0.2) is 17.2 Å². The Bertz CT molecular complexity index is 1270. The first-order valence-electron chi connectivity index (χ1n) is 8.24. The van der Waals surface area contributed by atoms with Crippen molar-refractivity contribution in [3.8, 4) is 17.3 Å². The highest BCUT2D eigenvalue weighted by Gasteiger charge is 2.19. The number of rotatable bonds is 4. The quantitative estimate of drug-likeness (QED) is 0.477. The van der Waals surface area contributed by atoms with Crippen LogP contribution >= 0.6 is 0 Å². The summed E-state index contributed by atoms with van der Waals surface area (Å²) in [5.74, 6) is 1.84. The average Bonchev–Trinajstić information content (AvgIpc) is 3.39. The predicted molar refractivity (Wildman–Crippen MR) is 93.9 cm³/mol. The van der Waals surface area contributed by atoms with Crippen molar-refractivity contribution in [1.82, 2.24) is 39.7 Å². The van der Waals surface area contributed by atoms with Gasteiger partial charge >= 0.3 is 0 Å². The van der Waals surface area contributed by atoms with Crippen LogP contribution in [0, 0.1) is 6.92 Å². The maximum absolute atomic E-state index is 5.97. The van der Waals surface area contributed by atoms with Crippen LogP contribution in [-0.2, 0) is 13.7 Å². The molecule has 0 N–H and O–H groups in total. The van der Waals surface area contributed by atoms with E-state index in [2.05, 4.69) is 30.5 Å². The van der Waals surface area contributed by atoms with Crippen LogP contribution in [0.1, 0.15) is 11.6 Å². The summed E-state index contributed by atoms with van der Waals surface area (Å²) in [5.41, 5.74) is 2.47. The highest BCUT2D eigenvalue weighted by atomic mass is 16.5. The summed E-state index contributed by atoms with van der Waals surface area (Å²) in [7, 11) is 1.81. The molecule has 27 heavy (non-hydrogen) atoms. The van der Waals surface area contributed by atoms with Gasteiger partial charge in [0.2, 0.25) is 5.88 Å². The molecule has 0 bridgehead atoms. The molecule has 0 saturated heterocycles. The Hall–Kier alpha value is -3.82. The molecule has 4 heterocycles. The first-order valence-corrected chi connectivity index (χ1v) is 8.24. The van der Waals surface area contributed by atoms with E-state index in [1.807, 2.05) is 38.2 Å². The van der Waals surface area contributed by atoms with E-state index >= 15 is 0 Å². The highest BCUT2D eigenvalue weighted by Crippen LogP contribution is 2.29. The van der Waals surface area contributed by atoms with Crippen LogP contribution in [0.25, 0.3) is 27.9 Å². The molecule has 0 aliphatic rings. The van der Waals surface area contributed by atoms with Crippen LogP contribution in [0.4, 0.5) is 0 Å². The highest BCUT2D eigenvalue weighted by molar-refractivity contribution is 5.88. The van der Waals surface area contributed by atoms with Crippen molar-refractivity contribution in [3.63, 3.8) is 0 Å². The van der Waals surface area contributed by atoms with Crippen molar-refractivity contribution in [2.75, 3.05) is 0 Å². The SMILES string of the molecule is Cc1cc(-c2nnn3c2nc(OCc2ncnn2C)c2ccccc23)no1. The molecule has 10 heteroatoms. The topological polar surface area (TPSA) is 109 Å². The van der Waals surface area contributed by atoms with Crippen LogP contribution in [0.15, 0.2) is 41.2 Å². The lowest BCUT2D eigenvalue weighted by Crippen LogP contribution is -2.06. The molecule has 0 atom stereocenters. The fraction of sp³-hybridized carbons (Fsp3) is 0.176. The molecular weight excluding hydrogens is 348 g/mol. The minimum atomic E-state index is 0.240. The third-order valence-electron chi connectivity index (χ3n) is 4.23. The molecule has 4 aromatic heterocycles. The average molecular weight is 362 g/mol. The van der Waals surface area contributed by atoms with Crippen LogP contribution in [0.3, 0.4) is 0 Å². The van der Waals surface area contributed by atoms with E-state index in [-0.39, 0.29) is 6.61 Å². The zero-order chi connectivity index (χ0) is 18.4. The molecule has 0 unspecified atom stereocenters. The van der Waals surface area contributed by atoms with Gasteiger partial charge in [0.25, 0.3) is 0 Å². The molecule has 0 saturated carbocycles. The number of hydrogen-bond donors (Lipinski definition) is 0. The summed E-state index contributed by atoms with van der Waals surface area (Å²) in [6.45, 7) is 2.06. The zero-order valence-corrected chi connectivity index (χ0v) is 14.6. The number of aromatic nitrogens is 8. The summed E-state index contributed by atoms with van der Waals surface area (Å²) in [6.07, 6.45) is 1.49. The van der Waals surface area contributed by atoms with Crippen molar-refractivity contribution in [2.45, 2.75) is 13.5 Å². The molecule has 10 nitrogen and oxygen atoms in total. The van der Waals surface area contributed by atoms with E-state index in [1.54, 1.807) is 15.3 Å².